The maximum absolute atomic E-state index is 12.5. The molecule has 0 atom stereocenters. The zero-order valence-corrected chi connectivity index (χ0v) is 17.5. The molecule has 0 unspecified atom stereocenters. The molecule has 0 saturated heterocycles. The summed E-state index contributed by atoms with van der Waals surface area (Å²) < 4.78 is 27.6. The topological polar surface area (TPSA) is 79.0 Å². The first kappa shape index (κ1) is 20.3. The Morgan fingerprint density at radius 3 is 2.32 bits per heavy atom. The highest BCUT2D eigenvalue weighted by atomic mass is 32.2. The normalized spacial score (nSPS) is 12.4. The van der Waals surface area contributed by atoms with Crippen molar-refractivity contribution >= 4 is 20.9 Å². The van der Waals surface area contributed by atoms with E-state index in [0.717, 1.165) is 22.0 Å². The molecule has 5 nitrogen and oxygen atoms in total. The molecule has 2 N–H and O–H groups in total. The lowest BCUT2D eigenvalue weighted by Crippen LogP contribution is -2.27. The van der Waals surface area contributed by atoms with E-state index >= 15 is 0 Å². The zero-order valence-electron chi connectivity index (χ0n) is 16.7. The number of sulfonamides is 1. The Morgan fingerprint density at radius 1 is 1.00 bits per heavy atom. The summed E-state index contributed by atoms with van der Waals surface area (Å²) in [5.41, 5.74) is 3.26. The van der Waals surface area contributed by atoms with Crippen molar-refractivity contribution in [1.82, 2.24) is 9.71 Å². The first-order chi connectivity index (χ1) is 13.1. The van der Waals surface area contributed by atoms with E-state index in [1.807, 2.05) is 43.3 Å². The van der Waals surface area contributed by atoms with E-state index in [0.29, 0.717) is 12.0 Å². The fourth-order valence-electron chi connectivity index (χ4n) is 3.08. The summed E-state index contributed by atoms with van der Waals surface area (Å²) in [5, 5.41) is 0.931. The number of hydrogen-bond acceptors (Lipinski definition) is 3. The summed E-state index contributed by atoms with van der Waals surface area (Å²) in [7, 11) is -3.62. The Labute approximate surface area is 165 Å². The summed E-state index contributed by atoms with van der Waals surface area (Å²) in [4.78, 5) is 15.4. The molecule has 0 fully saturated rings. The van der Waals surface area contributed by atoms with Gasteiger partial charge in [0.25, 0.3) is 5.56 Å². The van der Waals surface area contributed by atoms with Crippen molar-refractivity contribution in [1.29, 1.82) is 0 Å². The van der Waals surface area contributed by atoms with Gasteiger partial charge in [-0.2, -0.15) is 0 Å². The van der Waals surface area contributed by atoms with Gasteiger partial charge in [-0.05, 0) is 59.5 Å². The largest absolute Gasteiger partial charge is 0.322 e. The minimum atomic E-state index is -3.62. The molecule has 148 valence electrons. The first-order valence-corrected chi connectivity index (χ1v) is 10.8. The molecular weight excluding hydrogens is 372 g/mol. The van der Waals surface area contributed by atoms with Gasteiger partial charge in [0.05, 0.1) is 4.90 Å². The van der Waals surface area contributed by atoms with E-state index < -0.39 is 10.0 Å². The van der Waals surface area contributed by atoms with Gasteiger partial charge in [0.1, 0.15) is 0 Å². The van der Waals surface area contributed by atoms with Crippen LogP contribution >= 0.6 is 0 Å². The minimum Gasteiger partial charge on any atom is -0.322 e. The van der Waals surface area contributed by atoms with E-state index in [1.165, 1.54) is 0 Å². The molecule has 0 bridgehead atoms. The molecule has 2 aromatic carbocycles. The van der Waals surface area contributed by atoms with Crippen molar-refractivity contribution in [3.8, 4) is 0 Å². The van der Waals surface area contributed by atoms with E-state index in [-0.39, 0.29) is 22.4 Å². The number of aromatic nitrogens is 1. The third-order valence-corrected chi connectivity index (χ3v) is 6.27. The standard InChI is InChI=1S/C22H26N2O3S/c1-15-5-6-16-14-17(21(25)24-20(16)13-15)11-12-23-28(26,27)19-9-7-18(8-10-19)22(2,3)4/h5-10,13-14,23H,11-12H2,1-4H3,(H,24,25). The van der Waals surface area contributed by atoms with Crippen LogP contribution in [0.4, 0.5) is 0 Å². The molecule has 28 heavy (non-hydrogen) atoms. The minimum absolute atomic E-state index is 0.0363. The predicted octanol–water partition coefficient (Wildman–Crippen LogP) is 3.66. The van der Waals surface area contributed by atoms with E-state index in [2.05, 4.69) is 30.5 Å². The number of pyridine rings is 1. The third-order valence-electron chi connectivity index (χ3n) is 4.80. The molecule has 6 heteroatoms. The molecule has 0 spiro atoms. The van der Waals surface area contributed by atoms with Gasteiger partial charge in [0, 0.05) is 17.6 Å². The van der Waals surface area contributed by atoms with Gasteiger partial charge >= 0.3 is 0 Å². The number of nitrogens with one attached hydrogen (secondary N) is 2. The van der Waals surface area contributed by atoms with E-state index in [1.54, 1.807) is 12.1 Å². The van der Waals surface area contributed by atoms with Crippen LogP contribution in [0.2, 0.25) is 0 Å². The summed E-state index contributed by atoms with van der Waals surface area (Å²) in [5.74, 6) is 0. The highest BCUT2D eigenvalue weighted by Gasteiger charge is 2.17. The molecule has 0 aliphatic rings. The molecule has 0 aliphatic heterocycles. The van der Waals surface area contributed by atoms with Crippen LogP contribution in [0.1, 0.15) is 37.5 Å². The van der Waals surface area contributed by atoms with Crippen LogP contribution in [-0.2, 0) is 21.9 Å². The highest BCUT2D eigenvalue weighted by molar-refractivity contribution is 7.89. The van der Waals surface area contributed by atoms with Gasteiger partial charge in [-0.25, -0.2) is 13.1 Å². The molecule has 0 radical (unpaired) electrons. The number of aromatic amines is 1. The molecule has 3 aromatic rings. The number of benzene rings is 2. The van der Waals surface area contributed by atoms with E-state index in [4.69, 9.17) is 0 Å². The lowest BCUT2D eigenvalue weighted by Gasteiger charge is -2.19. The van der Waals surface area contributed by atoms with Crippen LogP contribution in [0.25, 0.3) is 10.9 Å². The van der Waals surface area contributed by atoms with Gasteiger partial charge in [0.15, 0.2) is 0 Å². The summed E-state index contributed by atoms with van der Waals surface area (Å²) in [6.45, 7) is 8.36. The Hall–Kier alpha value is -2.44. The highest BCUT2D eigenvalue weighted by Crippen LogP contribution is 2.23. The quantitative estimate of drug-likeness (QED) is 0.688. The van der Waals surface area contributed by atoms with Crippen molar-refractivity contribution in [2.75, 3.05) is 6.54 Å². The second kappa shape index (κ2) is 7.53. The molecular formula is C22H26N2O3S. The van der Waals surface area contributed by atoms with Crippen LogP contribution < -0.4 is 10.3 Å². The summed E-state index contributed by atoms with van der Waals surface area (Å²) in [6, 6.07) is 14.6. The summed E-state index contributed by atoms with van der Waals surface area (Å²) >= 11 is 0. The van der Waals surface area contributed by atoms with Gasteiger partial charge in [-0.3, -0.25) is 4.79 Å². The lowest BCUT2D eigenvalue weighted by atomic mass is 9.87. The van der Waals surface area contributed by atoms with Gasteiger partial charge in [-0.15, -0.1) is 0 Å². The van der Waals surface area contributed by atoms with Crippen molar-refractivity contribution in [3.05, 3.63) is 75.6 Å². The molecule has 3 rings (SSSR count). The molecule has 0 saturated carbocycles. The number of aryl methyl sites for hydroxylation is 1. The lowest BCUT2D eigenvalue weighted by molar-refractivity contribution is 0.578. The van der Waals surface area contributed by atoms with E-state index in [9.17, 15) is 13.2 Å². The second-order valence-corrected chi connectivity index (χ2v) is 9.90. The van der Waals surface area contributed by atoms with Crippen molar-refractivity contribution in [2.45, 2.75) is 44.4 Å². The number of hydrogen-bond donors (Lipinski definition) is 2. The molecule has 0 amide bonds. The van der Waals surface area contributed by atoms with Crippen molar-refractivity contribution < 1.29 is 8.42 Å². The predicted molar refractivity (Wildman–Crippen MR) is 113 cm³/mol. The van der Waals surface area contributed by atoms with Crippen LogP contribution in [0.5, 0.6) is 0 Å². The number of H-pyrrole nitrogens is 1. The molecule has 1 aromatic heterocycles. The SMILES string of the molecule is Cc1ccc2cc(CCNS(=O)(=O)c3ccc(C(C)(C)C)cc3)c(=O)[nH]c2c1. The number of fused-ring (bicyclic) bond motifs is 1. The average molecular weight is 399 g/mol. The Bertz CT molecular complexity index is 1160. The van der Waals surface area contributed by atoms with Crippen LogP contribution in [0, 0.1) is 6.92 Å². The van der Waals surface area contributed by atoms with Crippen molar-refractivity contribution in [2.24, 2.45) is 0 Å². The second-order valence-electron chi connectivity index (χ2n) is 8.14. The Morgan fingerprint density at radius 2 is 1.68 bits per heavy atom. The van der Waals surface area contributed by atoms with Gasteiger partial charge in [0.2, 0.25) is 10.0 Å². The Balaban J connectivity index is 1.72. The third kappa shape index (κ3) is 4.51. The monoisotopic (exact) mass is 398 g/mol. The fraction of sp³-hybridized carbons (Fsp3) is 0.318. The zero-order chi connectivity index (χ0) is 20.5. The molecule has 1 heterocycles. The first-order valence-electron chi connectivity index (χ1n) is 9.29. The molecule has 0 aliphatic carbocycles. The van der Waals surface area contributed by atoms with Crippen molar-refractivity contribution in [3.63, 3.8) is 0 Å². The van der Waals surface area contributed by atoms with Gasteiger partial charge < -0.3 is 4.98 Å². The van der Waals surface area contributed by atoms with Crippen LogP contribution in [0.15, 0.2) is 58.2 Å². The number of rotatable bonds is 5. The average Bonchev–Trinajstić information content (AvgIpc) is 2.61. The maximum atomic E-state index is 12.5. The maximum Gasteiger partial charge on any atom is 0.251 e. The Kier molecular flexibility index (Phi) is 5.46. The van der Waals surface area contributed by atoms with Crippen LogP contribution in [0.3, 0.4) is 0 Å². The summed E-state index contributed by atoms with van der Waals surface area (Å²) in [6.07, 6.45) is 0.318. The van der Waals surface area contributed by atoms with Gasteiger partial charge in [-0.1, -0.05) is 45.0 Å². The van der Waals surface area contributed by atoms with Crippen LogP contribution in [-0.4, -0.2) is 19.9 Å². The fourth-order valence-corrected chi connectivity index (χ4v) is 4.12. The smallest absolute Gasteiger partial charge is 0.251 e.